The molecule has 3 N–H and O–H groups in total. The maximum Gasteiger partial charge on any atom is -0.00204 e. The smallest absolute Gasteiger partial charge is 0.00204 e. The lowest BCUT2D eigenvalue weighted by atomic mass is 10.0. The highest BCUT2D eigenvalue weighted by Gasteiger charge is 2.27. The molecular formula is C12H26N2. The van der Waals surface area contributed by atoms with Gasteiger partial charge in [0.15, 0.2) is 0 Å². The Morgan fingerprint density at radius 2 is 2.00 bits per heavy atom. The van der Waals surface area contributed by atoms with Crippen LogP contribution in [0.25, 0.3) is 0 Å². The van der Waals surface area contributed by atoms with Gasteiger partial charge < -0.3 is 11.1 Å². The van der Waals surface area contributed by atoms with Crippen molar-refractivity contribution in [1.82, 2.24) is 5.32 Å². The topological polar surface area (TPSA) is 38.0 Å². The summed E-state index contributed by atoms with van der Waals surface area (Å²) in [5, 5.41) is 3.57. The quantitative estimate of drug-likeness (QED) is 0.626. The molecule has 1 aliphatic rings. The molecule has 2 atom stereocenters. The Bertz CT molecular complexity index is 143. The molecule has 0 radical (unpaired) electrons. The lowest BCUT2D eigenvalue weighted by molar-refractivity contribution is 0.413. The maximum atomic E-state index is 5.48. The summed E-state index contributed by atoms with van der Waals surface area (Å²) in [6.45, 7) is 7.89. The van der Waals surface area contributed by atoms with Gasteiger partial charge in [0.2, 0.25) is 0 Å². The van der Waals surface area contributed by atoms with Crippen LogP contribution in [0, 0.1) is 17.8 Å². The molecule has 2 heteroatoms. The molecule has 0 aliphatic heterocycles. The van der Waals surface area contributed by atoms with Gasteiger partial charge in [0, 0.05) is 0 Å². The average molecular weight is 198 g/mol. The average Bonchev–Trinajstić information content (AvgIpc) is 2.97. The number of hydrogen-bond acceptors (Lipinski definition) is 2. The summed E-state index contributed by atoms with van der Waals surface area (Å²) >= 11 is 0. The molecule has 0 heterocycles. The van der Waals surface area contributed by atoms with E-state index in [0.717, 1.165) is 30.8 Å². The summed E-state index contributed by atoms with van der Waals surface area (Å²) < 4.78 is 0. The van der Waals surface area contributed by atoms with Crippen molar-refractivity contribution < 1.29 is 0 Å². The predicted molar refractivity (Wildman–Crippen MR) is 62.2 cm³/mol. The van der Waals surface area contributed by atoms with Crippen LogP contribution < -0.4 is 11.1 Å². The summed E-state index contributed by atoms with van der Waals surface area (Å²) in [6.07, 6.45) is 5.36. The molecule has 0 saturated heterocycles. The minimum Gasteiger partial charge on any atom is -0.330 e. The van der Waals surface area contributed by atoms with Crippen molar-refractivity contribution in [3.63, 3.8) is 0 Å². The van der Waals surface area contributed by atoms with E-state index in [1.54, 1.807) is 0 Å². The normalized spacial score (nSPS) is 20.8. The third-order valence-corrected chi connectivity index (χ3v) is 3.29. The Hall–Kier alpha value is -0.0800. The highest BCUT2D eigenvalue weighted by Crippen LogP contribution is 2.36. The Balaban J connectivity index is 1.91. The number of hydrogen-bond donors (Lipinski definition) is 2. The molecule has 0 aromatic rings. The van der Waals surface area contributed by atoms with E-state index in [4.69, 9.17) is 5.73 Å². The van der Waals surface area contributed by atoms with E-state index in [-0.39, 0.29) is 0 Å². The molecule has 14 heavy (non-hydrogen) atoms. The fraction of sp³-hybridized carbons (Fsp3) is 1.00. The van der Waals surface area contributed by atoms with E-state index in [1.807, 2.05) is 0 Å². The van der Waals surface area contributed by atoms with Crippen LogP contribution >= 0.6 is 0 Å². The van der Waals surface area contributed by atoms with Crippen LogP contribution in [0.1, 0.15) is 39.5 Å². The van der Waals surface area contributed by atoms with E-state index >= 15 is 0 Å². The van der Waals surface area contributed by atoms with Crippen molar-refractivity contribution in [1.29, 1.82) is 0 Å². The highest BCUT2D eigenvalue weighted by molar-refractivity contribution is 4.79. The van der Waals surface area contributed by atoms with Crippen LogP contribution in [0.5, 0.6) is 0 Å². The van der Waals surface area contributed by atoms with Crippen LogP contribution in [-0.2, 0) is 0 Å². The van der Waals surface area contributed by atoms with Crippen LogP contribution in [-0.4, -0.2) is 19.6 Å². The second-order valence-corrected chi connectivity index (χ2v) is 5.01. The number of rotatable bonds is 8. The Morgan fingerprint density at radius 3 is 2.57 bits per heavy atom. The molecule has 0 spiro atoms. The molecule has 0 aromatic heterocycles. The van der Waals surface area contributed by atoms with E-state index < -0.39 is 0 Å². The van der Waals surface area contributed by atoms with Gasteiger partial charge in [0.25, 0.3) is 0 Å². The number of nitrogens with two attached hydrogens (primary N) is 1. The summed E-state index contributed by atoms with van der Waals surface area (Å²) in [5.74, 6) is 2.70. The zero-order valence-electron chi connectivity index (χ0n) is 9.76. The molecule has 1 fully saturated rings. The van der Waals surface area contributed by atoms with Crippen LogP contribution in [0.3, 0.4) is 0 Å². The predicted octanol–water partition coefficient (Wildman–Crippen LogP) is 2.00. The van der Waals surface area contributed by atoms with Crippen molar-refractivity contribution in [2.75, 3.05) is 19.6 Å². The van der Waals surface area contributed by atoms with Crippen LogP contribution in [0.15, 0.2) is 0 Å². The van der Waals surface area contributed by atoms with Gasteiger partial charge in [-0.1, -0.05) is 13.8 Å². The second kappa shape index (κ2) is 6.41. The molecule has 0 amide bonds. The number of nitrogens with one attached hydrogen (secondary N) is 1. The fourth-order valence-electron chi connectivity index (χ4n) is 1.96. The van der Waals surface area contributed by atoms with Gasteiger partial charge in [-0.05, 0) is 63.1 Å². The van der Waals surface area contributed by atoms with E-state index in [9.17, 15) is 0 Å². The molecule has 84 valence electrons. The van der Waals surface area contributed by atoms with Gasteiger partial charge in [-0.2, -0.15) is 0 Å². The summed E-state index contributed by atoms with van der Waals surface area (Å²) in [7, 11) is 0. The molecular weight excluding hydrogens is 172 g/mol. The van der Waals surface area contributed by atoms with Crippen LogP contribution in [0.4, 0.5) is 0 Å². The van der Waals surface area contributed by atoms with Crippen LogP contribution in [0.2, 0.25) is 0 Å². The van der Waals surface area contributed by atoms with E-state index in [2.05, 4.69) is 19.2 Å². The third-order valence-electron chi connectivity index (χ3n) is 3.29. The van der Waals surface area contributed by atoms with Gasteiger partial charge in [-0.25, -0.2) is 0 Å². The first-order chi connectivity index (χ1) is 6.74. The highest BCUT2D eigenvalue weighted by atomic mass is 14.9. The van der Waals surface area contributed by atoms with Crippen molar-refractivity contribution >= 4 is 0 Å². The summed E-state index contributed by atoms with van der Waals surface area (Å²) in [4.78, 5) is 0. The lowest BCUT2D eigenvalue weighted by Gasteiger charge is -2.15. The molecule has 2 unspecified atom stereocenters. The Kier molecular flexibility index (Phi) is 5.49. The zero-order valence-corrected chi connectivity index (χ0v) is 9.76. The monoisotopic (exact) mass is 198 g/mol. The second-order valence-electron chi connectivity index (χ2n) is 5.01. The summed E-state index contributed by atoms with van der Waals surface area (Å²) in [5.41, 5.74) is 5.48. The van der Waals surface area contributed by atoms with Gasteiger partial charge in [-0.3, -0.25) is 0 Å². The minimum atomic E-state index is 0.782. The fourth-order valence-corrected chi connectivity index (χ4v) is 1.96. The Morgan fingerprint density at radius 1 is 1.29 bits per heavy atom. The SMILES string of the molecule is CC(CCCN)CNCC(C)C1CC1. The van der Waals surface area contributed by atoms with Gasteiger partial charge in [0.05, 0.1) is 0 Å². The largest absolute Gasteiger partial charge is 0.330 e. The van der Waals surface area contributed by atoms with E-state index in [0.29, 0.717) is 0 Å². The minimum absolute atomic E-state index is 0.782. The molecule has 0 bridgehead atoms. The van der Waals surface area contributed by atoms with Crippen molar-refractivity contribution in [2.45, 2.75) is 39.5 Å². The van der Waals surface area contributed by atoms with Crippen molar-refractivity contribution in [2.24, 2.45) is 23.5 Å². The first-order valence-electron chi connectivity index (χ1n) is 6.14. The van der Waals surface area contributed by atoms with Gasteiger partial charge in [0.1, 0.15) is 0 Å². The summed E-state index contributed by atoms with van der Waals surface area (Å²) in [6, 6.07) is 0. The molecule has 2 nitrogen and oxygen atoms in total. The molecule has 0 aromatic carbocycles. The molecule has 1 rings (SSSR count). The molecule has 1 saturated carbocycles. The van der Waals surface area contributed by atoms with Crippen molar-refractivity contribution in [3.05, 3.63) is 0 Å². The van der Waals surface area contributed by atoms with E-state index in [1.165, 1.54) is 32.2 Å². The molecule has 1 aliphatic carbocycles. The standard InChI is InChI=1S/C12H26N2/c1-10(4-3-7-13)8-14-9-11(2)12-5-6-12/h10-12,14H,3-9,13H2,1-2H3. The van der Waals surface area contributed by atoms with Gasteiger partial charge >= 0.3 is 0 Å². The zero-order chi connectivity index (χ0) is 10.4. The van der Waals surface area contributed by atoms with Gasteiger partial charge in [-0.15, -0.1) is 0 Å². The first kappa shape index (κ1) is 12.0. The maximum absolute atomic E-state index is 5.48. The van der Waals surface area contributed by atoms with Crippen molar-refractivity contribution in [3.8, 4) is 0 Å². The Labute approximate surface area is 88.6 Å². The third kappa shape index (κ3) is 4.97. The first-order valence-corrected chi connectivity index (χ1v) is 6.14. The lowest BCUT2D eigenvalue weighted by Crippen LogP contribution is -2.27.